The molecular formula is C14H15BrN2O2. The van der Waals surface area contributed by atoms with Crippen LogP contribution >= 0.6 is 15.9 Å². The molecule has 0 spiro atoms. The highest BCUT2D eigenvalue weighted by atomic mass is 79.9. The lowest BCUT2D eigenvalue weighted by atomic mass is 10.2. The summed E-state index contributed by atoms with van der Waals surface area (Å²) in [4.78, 5) is 8.56. The Morgan fingerprint density at radius 3 is 2.79 bits per heavy atom. The number of hydrogen-bond acceptors (Lipinski definition) is 4. The molecule has 19 heavy (non-hydrogen) atoms. The summed E-state index contributed by atoms with van der Waals surface area (Å²) in [6, 6.07) is 9.53. The van der Waals surface area contributed by atoms with E-state index in [1.165, 1.54) is 0 Å². The maximum Gasteiger partial charge on any atom is 0.218 e. The predicted octanol–water partition coefficient (Wildman–Crippen LogP) is 3.39. The minimum Gasteiger partial charge on any atom is -0.497 e. The highest BCUT2D eigenvalue weighted by Gasteiger charge is 2.03. The van der Waals surface area contributed by atoms with E-state index in [2.05, 4.69) is 25.9 Å². The largest absolute Gasteiger partial charge is 0.497 e. The van der Waals surface area contributed by atoms with Gasteiger partial charge in [-0.15, -0.1) is 0 Å². The molecule has 0 fully saturated rings. The zero-order chi connectivity index (χ0) is 13.7. The molecule has 2 aromatic rings. The SMILES string of the molecule is CCc1nc(Br)cc(OCc2cccc(OC)c2)n1. The van der Waals surface area contributed by atoms with Crippen LogP contribution in [0.1, 0.15) is 18.3 Å². The van der Waals surface area contributed by atoms with E-state index in [4.69, 9.17) is 9.47 Å². The second-order valence-corrected chi connectivity index (χ2v) is 4.75. The first-order valence-electron chi connectivity index (χ1n) is 6.00. The van der Waals surface area contributed by atoms with Crippen LogP contribution in [0.2, 0.25) is 0 Å². The molecule has 1 aromatic carbocycles. The van der Waals surface area contributed by atoms with Crippen molar-refractivity contribution in [3.8, 4) is 11.6 Å². The van der Waals surface area contributed by atoms with Gasteiger partial charge in [-0.05, 0) is 33.6 Å². The number of nitrogens with zero attached hydrogens (tertiary/aromatic N) is 2. The van der Waals surface area contributed by atoms with E-state index >= 15 is 0 Å². The van der Waals surface area contributed by atoms with Crippen molar-refractivity contribution in [1.29, 1.82) is 0 Å². The summed E-state index contributed by atoms with van der Waals surface area (Å²) < 4.78 is 11.6. The number of methoxy groups -OCH3 is 1. The number of halogens is 1. The highest BCUT2D eigenvalue weighted by Crippen LogP contribution is 2.18. The minimum absolute atomic E-state index is 0.448. The Bertz CT molecular complexity index is 561. The topological polar surface area (TPSA) is 44.2 Å². The maximum atomic E-state index is 5.68. The number of ether oxygens (including phenoxy) is 2. The molecule has 0 bridgehead atoms. The van der Waals surface area contributed by atoms with E-state index in [0.29, 0.717) is 12.5 Å². The van der Waals surface area contributed by atoms with Gasteiger partial charge in [0.1, 0.15) is 22.8 Å². The molecule has 0 radical (unpaired) electrons. The molecule has 0 aliphatic rings. The summed E-state index contributed by atoms with van der Waals surface area (Å²) in [6.45, 7) is 2.46. The molecule has 2 rings (SSSR count). The first-order valence-corrected chi connectivity index (χ1v) is 6.79. The lowest BCUT2D eigenvalue weighted by molar-refractivity contribution is 0.291. The van der Waals surface area contributed by atoms with E-state index in [0.717, 1.165) is 28.2 Å². The average Bonchev–Trinajstić information content (AvgIpc) is 2.44. The van der Waals surface area contributed by atoms with Crippen LogP contribution in [0.4, 0.5) is 0 Å². The maximum absolute atomic E-state index is 5.68. The molecule has 1 aromatic heterocycles. The van der Waals surface area contributed by atoms with E-state index in [9.17, 15) is 0 Å². The zero-order valence-electron chi connectivity index (χ0n) is 10.9. The van der Waals surface area contributed by atoms with Crippen LogP contribution in [0.15, 0.2) is 34.9 Å². The Labute approximate surface area is 120 Å². The third kappa shape index (κ3) is 3.92. The van der Waals surface area contributed by atoms with Crippen molar-refractivity contribution in [2.75, 3.05) is 7.11 Å². The van der Waals surface area contributed by atoms with Gasteiger partial charge in [0, 0.05) is 12.5 Å². The molecule has 0 aliphatic heterocycles. The second kappa shape index (κ2) is 6.52. The number of hydrogen-bond donors (Lipinski definition) is 0. The minimum atomic E-state index is 0.448. The predicted molar refractivity (Wildman–Crippen MR) is 76.4 cm³/mol. The normalized spacial score (nSPS) is 10.3. The fraction of sp³-hybridized carbons (Fsp3) is 0.286. The second-order valence-electron chi connectivity index (χ2n) is 3.94. The molecule has 5 heteroatoms. The van der Waals surface area contributed by atoms with Crippen LogP contribution < -0.4 is 9.47 Å². The molecule has 0 atom stereocenters. The number of benzene rings is 1. The monoisotopic (exact) mass is 322 g/mol. The number of aromatic nitrogens is 2. The molecule has 0 unspecified atom stereocenters. The van der Waals surface area contributed by atoms with Gasteiger partial charge in [0.15, 0.2) is 0 Å². The molecule has 0 saturated carbocycles. The van der Waals surface area contributed by atoms with Gasteiger partial charge in [-0.1, -0.05) is 19.1 Å². The van der Waals surface area contributed by atoms with Crippen molar-refractivity contribution in [1.82, 2.24) is 9.97 Å². The fourth-order valence-electron chi connectivity index (χ4n) is 1.59. The van der Waals surface area contributed by atoms with E-state index < -0.39 is 0 Å². The van der Waals surface area contributed by atoms with E-state index in [1.54, 1.807) is 13.2 Å². The fourth-order valence-corrected chi connectivity index (χ4v) is 1.99. The summed E-state index contributed by atoms with van der Waals surface area (Å²) in [6.07, 6.45) is 0.773. The standard InChI is InChI=1S/C14H15BrN2O2/c1-3-13-16-12(15)8-14(17-13)19-9-10-5-4-6-11(7-10)18-2/h4-8H,3,9H2,1-2H3. The Morgan fingerprint density at radius 2 is 2.05 bits per heavy atom. The van der Waals surface area contributed by atoms with Gasteiger partial charge in [0.25, 0.3) is 0 Å². The van der Waals surface area contributed by atoms with Crippen LogP contribution in [0, 0.1) is 0 Å². The quantitative estimate of drug-likeness (QED) is 0.791. The third-order valence-corrected chi connectivity index (χ3v) is 2.96. The van der Waals surface area contributed by atoms with Crippen LogP contribution in [0.25, 0.3) is 0 Å². The Hall–Kier alpha value is -1.62. The first kappa shape index (κ1) is 13.8. The van der Waals surface area contributed by atoms with Gasteiger partial charge in [0.2, 0.25) is 5.88 Å². The van der Waals surface area contributed by atoms with E-state index in [-0.39, 0.29) is 0 Å². The van der Waals surface area contributed by atoms with Crippen molar-refractivity contribution in [3.63, 3.8) is 0 Å². The summed E-state index contributed by atoms with van der Waals surface area (Å²) >= 11 is 3.35. The lowest BCUT2D eigenvalue weighted by Crippen LogP contribution is -2.01. The number of aryl methyl sites for hydroxylation is 1. The van der Waals surface area contributed by atoms with Crippen LogP contribution in [-0.4, -0.2) is 17.1 Å². The van der Waals surface area contributed by atoms with Gasteiger partial charge >= 0.3 is 0 Å². The molecule has 100 valence electrons. The molecule has 1 heterocycles. The van der Waals surface area contributed by atoms with Crippen molar-refractivity contribution in [2.45, 2.75) is 20.0 Å². The van der Waals surface area contributed by atoms with Gasteiger partial charge in [-0.25, -0.2) is 4.98 Å². The third-order valence-electron chi connectivity index (χ3n) is 2.55. The molecule has 0 saturated heterocycles. The van der Waals surface area contributed by atoms with Crippen molar-refractivity contribution < 1.29 is 9.47 Å². The van der Waals surface area contributed by atoms with Crippen molar-refractivity contribution in [2.24, 2.45) is 0 Å². The number of rotatable bonds is 5. The van der Waals surface area contributed by atoms with E-state index in [1.807, 2.05) is 31.2 Å². The molecule has 0 aliphatic carbocycles. The molecule has 4 nitrogen and oxygen atoms in total. The summed E-state index contributed by atoms with van der Waals surface area (Å²) in [7, 11) is 1.65. The molecule has 0 amide bonds. The average molecular weight is 323 g/mol. The van der Waals surface area contributed by atoms with Gasteiger partial charge in [0.05, 0.1) is 7.11 Å². The van der Waals surface area contributed by atoms with Crippen molar-refractivity contribution >= 4 is 15.9 Å². The Balaban J connectivity index is 2.07. The highest BCUT2D eigenvalue weighted by molar-refractivity contribution is 9.10. The van der Waals surface area contributed by atoms with Crippen LogP contribution in [-0.2, 0) is 13.0 Å². The van der Waals surface area contributed by atoms with Crippen LogP contribution in [0.3, 0.4) is 0 Å². The first-order chi connectivity index (χ1) is 9.21. The van der Waals surface area contributed by atoms with Gasteiger partial charge in [-0.3, -0.25) is 0 Å². The van der Waals surface area contributed by atoms with Gasteiger partial charge < -0.3 is 9.47 Å². The summed E-state index contributed by atoms with van der Waals surface area (Å²) in [5, 5.41) is 0. The smallest absolute Gasteiger partial charge is 0.218 e. The lowest BCUT2D eigenvalue weighted by Gasteiger charge is -2.08. The van der Waals surface area contributed by atoms with Crippen molar-refractivity contribution in [3.05, 3.63) is 46.3 Å². The Kier molecular flexibility index (Phi) is 4.74. The zero-order valence-corrected chi connectivity index (χ0v) is 12.5. The summed E-state index contributed by atoms with van der Waals surface area (Å²) in [5.74, 6) is 2.15. The Morgan fingerprint density at radius 1 is 1.21 bits per heavy atom. The van der Waals surface area contributed by atoms with Crippen LogP contribution in [0.5, 0.6) is 11.6 Å². The van der Waals surface area contributed by atoms with Gasteiger partial charge in [-0.2, -0.15) is 4.98 Å². The molecular weight excluding hydrogens is 308 g/mol. The molecule has 0 N–H and O–H groups in total. The summed E-state index contributed by atoms with van der Waals surface area (Å²) in [5.41, 5.74) is 1.03.